The predicted octanol–water partition coefficient (Wildman–Crippen LogP) is 2.36. The summed E-state index contributed by atoms with van der Waals surface area (Å²) < 4.78 is 4.68. The number of para-hydroxylation sites is 3. The second-order valence-electron chi connectivity index (χ2n) is 4.60. The Hall–Kier alpha value is -2.09. The van der Waals surface area contributed by atoms with Crippen LogP contribution in [0.2, 0.25) is 0 Å². The second-order valence-corrected chi connectivity index (χ2v) is 4.60. The molecule has 0 saturated heterocycles. The molecule has 17 heavy (non-hydrogen) atoms. The van der Waals surface area contributed by atoms with Gasteiger partial charge < -0.3 is 0 Å². The molecule has 4 rings (SSSR count). The lowest BCUT2D eigenvalue weighted by Crippen LogP contribution is -2.31. The summed E-state index contributed by atoms with van der Waals surface area (Å²) in [7, 11) is 2.15. The van der Waals surface area contributed by atoms with Gasteiger partial charge in [-0.15, -0.1) is 0 Å². The van der Waals surface area contributed by atoms with E-state index in [2.05, 4.69) is 64.7 Å². The fraction of sp³-hybridized carbons (Fsp3) is 0.133. The number of aryl methyl sites for hydroxylation is 1. The molecule has 1 aromatic heterocycles. The van der Waals surface area contributed by atoms with E-state index < -0.39 is 0 Å². The molecule has 2 aromatic carbocycles. The lowest BCUT2D eigenvalue weighted by atomic mass is 10.1. The van der Waals surface area contributed by atoms with Gasteiger partial charge in [0.15, 0.2) is 11.0 Å². The predicted molar refractivity (Wildman–Crippen MR) is 67.3 cm³/mol. The summed E-state index contributed by atoms with van der Waals surface area (Å²) in [5.41, 5.74) is 5.36. The number of fused-ring (bicyclic) bond motifs is 5. The topological polar surface area (TPSA) is 8.81 Å². The summed E-state index contributed by atoms with van der Waals surface area (Å²) in [6, 6.07) is 17.2. The first-order valence-corrected chi connectivity index (χ1v) is 5.93. The Kier molecular flexibility index (Phi) is 1.57. The summed E-state index contributed by atoms with van der Waals surface area (Å²) in [5, 5.41) is 0. The van der Waals surface area contributed by atoms with Crippen LogP contribution in [-0.2, 0) is 13.5 Å². The molecule has 0 atom stereocenters. The number of hydrogen-bond donors (Lipinski definition) is 0. The fourth-order valence-corrected chi connectivity index (χ4v) is 2.88. The van der Waals surface area contributed by atoms with E-state index >= 15 is 0 Å². The summed E-state index contributed by atoms with van der Waals surface area (Å²) in [6.07, 6.45) is 1.03. The van der Waals surface area contributed by atoms with E-state index in [1.807, 2.05) is 0 Å². The molecule has 0 unspecified atom stereocenters. The van der Waals surface area contributed by atoms with Gasteiger partial charge in [-0.25, -0.2) is 4.57 Å². The highest BCUT2D eigenvalue weighted by Crippen LogP contribution is 2.30. The zero-order valence-corrected chi connectivity index (χ0v) is 9.72. The number of imidazole rings is 1. The Morgan fingerprint density at radius 2 is 1.76 bits per heavy atom. The quantitative estimate of drug-likeness (QED) is 0.403. The highest BCUT2D eigenvalue weighted by Gasteiger charge is 2.31. The van der Waals surface area contributed by atoms with Crippen molar-refractivity contribution in [3.63, 3.8) is 0 Å². The highest BCUT2D eigenvalue weighted by atomic mass is 15.2. The molecule has 1 aliphatic rings. The summed E-state index contributed by atoms with van der Waals surface area (Å²) in [4.78, 5) is 0. The van der Waals surface area contributed by atoms with E-state index in [1.54, 1.807) is 0 Å². The average molecular weight is 221 g/mol. The van der Waals surface area contributed by atoms with Gasteiger partial charge in [0.25, 0.3) is 5.82 Å². The van der Waals surface area contributed by atoms with Crippen molar-refractivity contribution in [3.8, 4) is 5.69 Å². The van der Waals surface area contributed by atoms with Gasteiger partial charge in [-0.3, -0.25) is 0 Å². The maximum atomic E-state index is 2.38. The largest absolute Gasteiger partial charge is 0.267 e. The van der Waals surface area contributed by atoms with Crippen LogP contribution in [0.15, 0.2) is 48.5 Å². The lowest BCUT2D eigenvalue weighted by Gasteiger charge is -1.96. The molecule has 0 aliphatic carbocycles. The minimum Gasteiger partial charge on any atom is -0.229 e. The molecule has 2 nitrogen and oxygen atoms in total. The van der Waals surface area contributed by atoms with Gasteiger partial charge >= 0.3 is 0 Å². The Morgan fingerprint density at radius 3 is 2.71 bits per heavy atom. The van der Waals surface area contributed by atoms with Crippen LogP contribution in [0.4, 0.5) is 0 Å². The first-order chi connectivity index (χ1) is 8.36. The van der Waals surface area contributed by atoms with Crippen molar-refractivity contribution in [2.24, 2.45) is 7.05 Å². The monoisotopic (exact) mass is 221 g/mol. The molecule has 0 radical (unpaired) electrons. The van der Waals surface area contributed by atoms with Gasteiger partial charge in [0, 0.05) is 5.56 Å². The van der Waals surface area contributed by atoms with Crippen molar-refractivity contribution in [3.05, 3.63) is 59.9 Å². The molecule has 0 saturated carbocycles. The molecule has 0 N–H and O–H groups in total. The second kappa shape index (κ2) is 2.98. The van der Waals surface area contributed by atoms with Crippen LogP contribution in [0.1, 0.15) is 11.4 Å². The smallest absolute Gasteiger partial charge is 0.229 e. The SMILES string of the molecule is C[n+]1c2n(c3ccccc31)-c1ccccc1C2. The normalized spacial score (nSPS) is 12.8. The van der Waals surface area contributed by atoms with Gasteiger partial charge in [-0.2, -0.15) is 4.57 Å². The van der Waals surface area contributed by atoms with E-state index in [0.717, 1.165) is 6.42 Å². The highest BCUT2D eigenvalue weighted by molar-refractivity contribution is 5.76. The van der Waals surface area contributed by atoms with E-state index in [-0.39, 0.29) is 0 Å². The Morgan fingerprint density at radius 1 is 1.00 bits per heavy atom. The van der Waals surface area contributed by atoms with Crippen LogP contribution in [-0.4, -0.2) is 4.57 Å². The van der Waals surface area contributed by atoms with Gasteiger partial charge in [0.05, 0.1) is 13.5 Å². The van der Waals surface area contributed by atoms with E-state index in [1.165, 1.54) is 28.1 Å². The minimum absolute atomic E-state index is 1.03. The van der Waals surface area contributed by atoms with Crippen LogP contribution >= 0.6 is 0 Å². The minimum atomic E-state index is 1.03. The van der Waals surface area contributed by atoms with Crippen molar-refractivity contribution < 1.29 is 4.57 Å². The maximum Gasteiger partial charge on any atom is 0.267 e. The van der Waals surface area contributed by atoms with Crippen molar-refractivity contribution in [2.45, 2.75) is 6.42 Å². The number of rotatable bonds is 0. The molecule has 1 aliphatic heterocycles. The van der Waals surface area contributed by atoms with Crippen LogP contribution in [0.5, 0.6) is 0 Å². The lowest BCUT2D eigenvalue weighted by molar-refractivity contribution is -0.652. The van der Waals surface area contributed by atoms with E-state index in [9.17, 15) is 0 Å². The number of aromatic nitrogens is 2. The van der Waals surface area contributed by atoms with Crippen molar-refractivity contribution in [1.29, 1.82) is 0 Å². The van der Waals surface area contributed by atoms with Crippen molar-refractivity contribution in [1.82, 2.24) is 4.57 Å². The Bertz CT molecular complexity index is 738. The van der Waals surface area contributed by atoms with Gasteiger partial charge in [-0.05, 0) is 18.2 Å². The maximum absolute atomic E-state index is 2.38. The first-order valence-electron chi connectivity index (χ1n) is 5.93. The molecule has 2 heterocycles. The molecule has 82 valence electrons. The third-order valence-electron chi connectivity index (χ3n) is 3.71. The standard InChI is InChI=1S/C15H13N2/c1-16-13-8-4-5-9-14(13)17-12-7-3-2-6-11(12)10-15(16)17/h2-9H,10H2,1H3/q+1. The first kappa shape index (κ1) is 8.99. The Balaban J connectivity index is 2.19. The van der Waals surface area contributed by atoms with E-state index in [4.69, 9.17) is 0 Å². The molecule has 2 heteroatoms. The molecule has 3 aromatic rings. The number of benzene rings is 2. The van der Waals surface area contributed by atoms with E-state index in [0.29, 0.717) is 0 Å². The van der Waals surface area contributed by atoms with Crippen molar-refractivity contribution in [2.75, 3.05) is 0 Å². The molecular weight excluding hydrogens is 208 g/mol. The van der Waals surface area contributed by atoms with Crippen LogP contribution in [0.3, 0.4) is 0 Å². The van der Waals surface area contributed by atoms with Gasteiger partial charge in [0.1, 0.15) is 5.69 Å². The molecule has 0 amide bonds. The summed E-state index contributed by atoms with van der Waals surface area (Å²) in [5.74, 6) is 1.37. The fourth-order valence-electron chi connectivity index (χ4n) is 2.88. The molecule has 0 fully saturated rings. The summed E-state index contributed by atoms with van der Waals surface area (Å²) >= 11 is 0. The number of nitrogens with zero attached hydrogens (tertiary/aromatic N) is 2. The van der Waals surface area contributed by atoms with Crippen molar-refractivity contribution >= 4 is 11.0 Å². The van der Waals surface area contributed by atoms with Gasteiger partial charge in [-0.1, -0.05) is 30.3 Å². The van der Waals surface area contributed by atoms with Crippen LogP contribution in [0.25, 0.3) is 16.7 Å². The average Bonchev–Trinajstić information content (AvgIpc) is 2.88. The van der Waals surface area contributed by atoms with Gasteiger partial charge in [0.2, 0.25) is 0 Å². The molecule has 0 bridgehead atoms. The third-order valence-corrected chi connectivity index (χ3v) is 3.71. The third kappa shape index (κ3) is 1.02. The number of hydrogen-bond acceptors (Lipinski definition) is 0. The van der Waals surface area contributed by atoms with Crippen LogP contribution < -0.4 is 4.57 Å². The Labute approximate surface area is 99.7 Å². The summed E-state index contributed by atoms with van der Waals surface area (Å²) in [6.45, 7) is 0. The zero-order chi connectivity index (χ0) is 11.4. The zero-order valence-electron chi connectivity index (χ0n) is 9.72. The molecule has 0 spiro atoms. The molecular formula is C15H13N2+. The van der Waals surface area contributed by atoms with Crippen LogP contribution in [0, 0.1) is 0 Å².